The number of hydrogen-bond acceptors (Lipinski definition) is 7. The van der Waals surface area contributed by atoms with E-state index in [1.54, 1.807) is 28.9 Å². The maximum absolute atomic E-state index is 14.3. The van der Waals surface area contributed by atoms with Crippen LogP contribution in [-0.2, 0) is 28.7 Å². The van der Waals surface area contributed by atoms with E-state index in [1.165, 1.54) is 0 Å². The first-order valence-electron chi connectivity index (χ1n) is 14.8. The summed E-state index contributed by atoms with van der Waals surface area (Å²) >= 11 is 3.68. The van der Waals surface area contributed by atoms with E-state index in [0.29, 0.717) is 38.6 Å². The fraction of sp³-hybridized carbons (Fsp3) is 0.733. The predicted molar refractivity (Wildman–Crippen MR) is 158 cm³/mol. The number of hydrogen-bond donors (Lipinski definition) is 2. The van der Waals surface area contributed by atoms with Crippen LogP contribution in [0.5, 0.6) is 0 Å². The molecule has 230 valence electrons. The largest absolute Gasteiger partial charge is 0.460 e. The second-order valence-electron chi connectivity index (χ2n) is 11.4. The van der Waals surface area contributed by atoms with Crippen molar-refractivity contribution in [1.82, 2.24) is 15.1 Å². The van der Waals surface area contributed by atoms with Crippen LogP contribution >= 0.6 is 15.9 Å². The third-order valence-corrected chi connectivity index (χ3v) is 9.27. The number of nitrogens with one attached hydrogen (secondary N) is 1. The molecule has 2 bridgehead atoms. The summed E-state index contributed by atoms with van der Waals surface area (Å²) in [4.78, 5) is 57.1. The summed E-state index contributed by atoms with van der Waals surface area (Å²) in [6, 6.07) is -0.973. The Morgan fingerprint density at radius 1 is 1.29 bits per heavy atom. The molecule has 3 saturated heterocycles. The maximum Gasteiger partial charge on any atom is 0.312 e. The number of rotatable bonds is 17. The highest BCUT2D eigenvalue weighted by Crippen LogP contribution is 2.60. The van der Waals surface area contributed by atoms with E-state index in [1.807, 2.05) is 6.92 Å². The highest BCUT2D eigenvalue weighted by Gasteiger charge is 2.77. The predicted octanol–water partition coefficient (Wildman–Crippen LogP) is 2.72. The van der Waals surface area contributed by atoms with E-state index < -0.39 is 41.7 Å². The molecule has 3 aliphatic rings. The third kappa shape index (κ3) is 6.88. The van der Waals surface area contributed by atoms with E-state index >= 15 is 0 Å². The van der Waals surface area contributed by atoms with Crippen molar-refractivity contribution in [1.29, 1.82) is 0 Å². The molecule has 0 aromatic heterocycles. The molecule has 0 aliphatic carbocycles. The van der Waals surface area contributed by atoms with Crippen molar-refractivity contribution in [3.05, 3.63) is 25.3 Å². The van der Waals surface area contributed by atoms with Crippen molar-refractivity contribution >= 4 is 39.6 Å². The number of carbonyl (C=O) groups is 4. The summed E-state index contributed by atoms with van der Waals surface area (Å²) in [5.74, 6) is -2.99. The van der Waals surface area contributed by atoms with Crippen LogP contribution in [0.2, 0.25) is 0 Å². The Labute approximate surface area is 252 Å². The number of allylic oxidation sites excluding steroid dienone is 1. The molecule has 10 nitrogen and oxygen atoms in total. The smallest absolute Gasteiger partial charge is 0.312 e. The zero-order valence-corrected chi connectivity index (χ0v) is 26.1. The molecule has 3 heterocycles. The molecule has 1 spiro atoms. The van der Waals surface area contributed by atoms with Crippen LogP contribution in [0.25, 0.3) is 0 Å². The highest BCUT2D eigenvalue weighted by atomic mass is 79.9. The minimum Gasteiger partial charge on any atom is -0.460 e. The van der Waals surface area contributed by atoms with Gasteiger partial charge < -0.3 is 29.7 Å². The first kappa shape index (κ1) is 33.3. The fourth-order valence-electron chi connectivity index (χ4n) is 6.57. The van der Waals surface area contributed by atoms with Crippen LogP contribution < -0.4 is 5.32 Å². The lowest BCUT2D eigenvalue weighted by Gasteiger charge is -2.39. The van der Waals surface area contributed by atoms with Gasteiger partial charge in [-0.2, -0.15) is 0 Å². The standard InChI is InChI=1S/C30H46BrN3O7/c1-6-9-13-22(36)32-18-20(5)40-29(39)23-24-27(37)34(15-10-11-16-35)26(30(24)17-21(31)25(23)41-30)28(38)33(14-8-3)19(4)12-7-2/h6,8,19-21,23-26,35H,1,3,7,9-18H2,2,4-5H3,(H,32,36)/t19?,20-,21?,23+,24-,25+,26+,30-/m0/s1. The Bertz CT molecular complexity index is 993. The lowest BCUT2D eigenvalue weighted by atomic mass is 9.70. The molecule has 41 heavy (non-hydrogen) atoms. The Morgan fingerprint density at radius 3 is 2.66 bits per heavy atom. The molecule has 3 fully saturated rings. The van der Waals surface area contributed by atoms with E-state index in [0.717, 1.165) is 12.8 Å². The molecule has 3 amide bonds. The number of halogens is 1. The van der Waals surface area contributed by atoms with Crippen LogP contribution in [0.15, 0.2) is 25.3 Å². The number of aliphatic hydroxyl groups excluding tert-OH is 1. The molecule has 0 saturated carbocycles. The molecular weight excluding hydrogens is 594 g/mol. The lowest BCUT2D eigenvalue weighted by Crippen LogP contribution is -2.58. The first-order valence-corrected chi connectivity index (χ1v) is 15.7. The molecule has 2 unspecified atom stereocenters. The number of aliphatic hydroxyl groups is 1. The summed E-state index contributed by atoms with van der Waals surface area (Å²) in [6.07, 6.45) is 6.04. The topological polar surface area (TPSA) is 125 Å². The van der Waals surface area contributed by atoms with E-state index in [4.69, 9.17) is 9.47 Å². The van der Waals surface area contributed by atoms with Gasteiger partial charge in [0.05, 0.1) is 24.5 Å². The summed E-state index contributed by atoms with van der Waals surface area (Å²) in [7, 11) is 0. The molecule has 2 N–H and O–H groups in total. The molecule has 11 heteroatoms. The third-order valence-electron chi connectivity index (χ3n) is 8.43. The number of carbonyl (C=O) groups excluding carboxylic acids is 4. The molecule has 3 rings (SSSR count). The van der Waals surface area contributed by atoms with Crippen LogP contribution in [0.3, 0.4) is 0 Å². The second-order valence-corrected chi connectivity index (χ2v) is 12.6. The minimum atomic E-state index is -1.18. The van der Waals surface area contributed by atoms with Crippen molar-refractivity contribution in [2.75, 3.05) is 26.2 Å². The Balaban J connectivity index is 1.89. The Kier molecular flexibility index (Phi) is 12.0. The quantitative estimate of drug-likeness (QED) is 0.108. The Hall–Kier alpha value is -2.24. The molecule has 8 atom stereocenters. The first-order chi connectivity index (χ1) is 19.6. The van der Waals surface area contributed by atoms with Crippen molar-refractivity contribution in [2.45, 2.75) is 100 Å². The number of ether oxygens (including phenoxy) is 2. The van der Waals surface area contributed by atoms with Crippen molar-refractivity contribution < 1.29 is 33.8 Å². The van der Waals surface area contributed by atoms with Crippen molar-refractivity contribution in [3.63, 3.8) is 0 Å². The zero-order chi connectivity index (χ0) is 30.3. The summed E-state index contributed by atoms with van der Waals surface area (Å²) in [5.41, 5.74) is -1.18. The highest BCUT2D eigenvalue weighted by molar-refractivity contribution is 9.09. The van der Waals surface area contributed by atoms with Crippen LogP contribution in [0, 0.1) is 11.8 Å². The summed E-state index contributed by atoms with van der Waals surface area (Å²) in [6.45, 7) is 13.9. The zero-order valence-electron chi connectivity index (χ0n) is 24.6. The number of unbranched alkanes of at least 4 members (excludes halogenated alkanes) is 1. The average molecular weight is 641 g/mol. The van der Waals surface area contributed by atoms with Gasteiger partial charge in [-0.05, 0) is 46.0 Å². The average Bonchev–Trinajstić information content (AvgIpc) is 3.52. The normalized spacial score (nSPS) is 29.5. The molecule has 3 aliphatic heterocycles. The van der Waals surface area contributed by atoms with Crippen LogP contribution in [0.1, 0.15) is 65.7 Å². The van der Waals surface area contributed by atoms with Crippen LogP contribution in [0.4, 0.5) is 0 Å². The van der Waals surface area contributed by atoms with Gasteiger partial charge >= 0.3 is 5.97 Å². The SMILES string of the molecule is C=CCCC(=O)NC[C@H](C)OC(=O)[C@H]1[C@@H]2O[C@@]3(CC2Br)[C@@H]1C(=O)N(CCCCO)[C@@H]3C(=O)N(CC=C)C(C)CCC. The van der Waals surface area contributed by atoms with Gasteiger partial charge in [0, 0.05) is 37.0 Å². The van der Waals surface area contributed by atoms with E-state index in [-0.39, 0.29) is 48.3 Å². The van der Waals surface area contributed by atoms with Gasteiger partial charge in [-0.3, -0.25) is 19.2 Å². The van der Waals surface area contributed by atoms with Gasteiger partial charge in [0.2, 0.25) is 17.7 Å². The molecule has 0 aromatic rings. The van der Waals surface area contributed by atoms with Crippen molar-refractivity contribution in [3.8, 4) is 0 Å². The summed E-state index contributed by atoms with van der Waals surface area (Å²) in [5, 5.41) is 12.1. The summed E-state index contributed by atoms with van der Waals surface area (Å²) < 4.78 is 12.3. The van der Waals surface area contributed by atoms with Gasteiger partial charge in [-0.15, -0.1) is 13.2 Å². The van der Waals surface area contributed by atoms with Crippen molar-refractivity contribution in [2.24, 2.45) is 11.8 Å². The van der Waals surface area contributed by atoms with Gasteiger partial charge in [0.25, 0.3) is 0 Å². The van der Waals surface area contributed by atoms with Crippen LogP contribution in [-0.4, -0.2) is 99.6 Å². The number of esters is 1. The Morgan fingerprint density at radius 2 is 2.02 bits per heavy atom. The maximum atomic E-state index is 14.3. The minimum absolute atomic E-state index is 0.0235. The lowest BCUT2D eigenvalue weighted by molar-refractivity contribution is -0.159. The molecular formula is C30H46BrN3O7. The number of amides is 3. The number of fused-ring (bicyclic) bond motifs is 1. The van der Waals surface area contributed by atoms with E-state index in [9.17, 15) is 24.3 Å². The van der Waals surface area contributed by atoms with E-state index in [2.05, 4.69) is 41.3 Å². The number of likely N-dealkylation sites (tertiary alicyclic amines) is 1. The van der Waals surface area contributed by atoms with Gasteiger partial charge in [-0.1, -0.05) is 41.4 Å². The number of nitrogens with zero attached hydrogens (tertiary/aromatic N) is 2. The fourth-order valence-corrected chi connectivity index (χ4v) is 7.51. The monoisotopic (exact) mass is 639 g/mol. The van der Waals surface area contributed by atoms with Gasteiger partial charge in [-0.25, -0.2) is 0 Å². The molecule has 0 aromatic carbocycles. The molecule has 0 radical (unpaired) electrons. The number of alkyl halides is 1. The second kappa shape index (κ2) is 14.8. The van der Waals surface area contributed by atoms with Gasteiger partial charge in [0.15, 0.2) is 0 Å². The van der Waals surface area contributed by atoms with Gasteiger partial charge in [0.1, 0.15) is 17.7 Å².